The first-order valence-corrected chi connectivity index (χ1v) is 9.55. The molecule has 146 valence electrons. The zero-order chi connectivity index (χ0) is 19.4. The number of amides is 4. The number of halogens is 1. The van der Waals surface area contributed by atoms with Crippen molar-refractivity contribution in [1.82, 2.24) is 15.1 Å². The summed E-state index contributed by atoms with van der Waals surface area (Å²) >= 11 is 5.82. The second-order valence-electron chi connectivity index (χ2n) is 7.04. The molecule has 1 N–H and O–H groups in total. The first-order valence-electron chi connectivity index (χ1n) is 9.18. The number of hydrogen-bond acceptors (Lipinski definition) is 4. The van der Waals surface area contributed by atoms with E-state index in [2.05, 4.69) is 5.32 Å². The summed E-state index contributed by atoms with van der Waals surface area (Å²) in [4.78, 5) is 39.7. The van der Waals surface area contributed by atoms with E-state index in [1.165, 1.54) is 4.90 Å². The molecule has 2 aliphatic rings. The number of hydrogen-bond donors (Lipinski definition) is 1. The maximum absolute atomic E-state index is 12.6. The summed E-state index contributed by atoms with van der Waals surface area (Å²) in [5, 5.41) is 3.46. The highest BCUT2D eigenvalue weighted by Crippen LogP contribution is 2.35. The minimum absolute atomic E-state index is 0.104. The zero-order valence-corrected chi connectivity index (χ0v) is 16.1. The Hall–Kier alpha value is -2.28. The fraction of sp³-hybridized carbons (Fsp3) is 0.526. The van der Waals surface area contributed by atoms with Gasteiger partial charge in [-0.3, -0.25) is 14.5 Å². The monoisotopic (exact) mass is 393 g/mol. The van der Waals surface area contributed by atoms with Crippen LogP contribution >= 0.6 is 11.6 Å². The summed E-state index contributed by atoms with van der Waals surface area (Å²) in [6.45, 7) is 0.856. The molecule has 4 amide bonds. The van der Waals surface area contributed by atoms with Crippen LogP contribution in [0, 0.1) is 0 Å². The van der Waals surface area contributed by atoms with Gasteiger partial charge in [0.15, 0.2) is 0 Å². The van der Waals surface area contributed by atoms with Crippen molar-refractivity contribution in [1.29, 1.82) is 0 Å². The van der Waals surface area contributed by atoms with Crippen LogP contribution in [0.2, 0.25) is 5.02 Å². The number of nitrogens with zero attached hydrogens (tertiary/aromatic N) is 2. The summed E-state index contributed by atoms with van der Waals surface area (Å²) in [7, 11) is 1.68. The van der Waals surface area contributed by atoms with Gasteiger partial charge in [-0.1, -0.05) is 24.4 Å². The maximum atomic E-state index is 12.6. The first-order chi connectivity index (χ1) is 12.9. The molecule has 1 heterocycles. The smallest absolute Gasteiger partial charge is 0.325 e. The van der Waals surface area contributed by atoms with E-state index in [9.17, 15) is 14.4 Å². The number of nitrogens with one attached hydrogen (secondary N) is 1. The Bertz CT molecular complexity index is 716. The third-order valence-corrected chi connectivity index (χ3v) is 5.44. The molecule has 0 unspecified atom stereocenters. The Morgan fingerprint density at radius 2 is 1.93 bits per heavy atom. The number of imide groups is 1. The van der Waals surface area contributed by atoms with Crippen LogP contribution in [0.3, 0.4) is 0 Å². The van der Waals surface area contributed by atoms with Gasteiger partial charge >= 0.3 is 6.03 Å². The minimum atomic E-state index is -0.724. The molecule has 1 aromatic rings. The van der Waals surface area contributed by atoms with E-state index in [1.807, 2.05) is 0 Å². The molecule has 1 aliphatic heterocycles. The second kappa shape index (κ2) is 8.17. The third kappa shape index (κ3) is 4.35. The molecular formula is C19H24ClN3O4. The van der Waals surface area contributed by atoms with Crippen LogP contribution in [0.4, 0.5) is 4.79 Å². The lowest BCUT2D eigenvalue weighted by Gasteiger charge is -2.21. The standard InChI is InChI=1S/C19H24ClN3O4/c1-22(12-13-27-15-6-4-14(20)5-7-15)16(24)8-11-23-17(25)19(21-18(23)26)9-2-3-10-19/h4-7H,2-3,8-13H2,1H3,(H,21,26). The topological polar surface area (TPSA) is 79.0 Å². The van der Waals surface area contributed by atoms with Crippen molar-refractivity contribution < 1.29 is 19.1 Å². The lowest BCUT2D eigenvalue weighted by Crippen LogP contribution is -2.44. The van der Waals surface area contributed by atoms with Gasteiger partial charge in [-0.2, -0.15) is 0 Å². The number of carbonyl (C=O) groups excluding carboxylic acids is 3. The highest BCUT2D eigenvalue weighted by atomic mass is 35.5. The third-order valence-electron chi connectivity index (χ3n) is 5.19. The Balaban J connectivity index is 1.42. The highest BCUT2D eigenvalue weighted by molar-refractivity contribution is 6.30. The van der Waals surface area contributed by atoms with Crippen molar-refractivity contribution in [2.75, 3.05) is 26.7 Å². The van der Waals surface area contributed by atoms with Crippen LogP contribution in [-0.4, -0.2) is 59.9 Å². The van der Waals surface area contributed by atoms with Crippen LogP contribution in [0.5, 0.6) is 5.75 Å². The zero-order valence-electron chi connectivity index (χ0n) is 15.4. The summed E-state index contributed by atoms with van der Waals surface area (Å²) in [5.41, 5.74) is -0.724. The van der Waals surface area contributed by atoms with Crippen molar-refractivity contribution in [2.45, 2.75) is 37.6 Å². The maximum Gasteiger partial charge on any atom is 0.325 e. The second-order valence-corrected chi connectivity index (χ2v) is 7.48. The summed E-state index contributed by atoms with van der Waals surface area (Å²) in [5.74, 6) is 0.357. The van der Waals surface area contributed by atoms with Crippen molar-refractivity contribution in [3.8, 4) is 5.75 Å². The molecular weight excluding hydrogens is 370 g/mol. The number of rotatable bonds is 7. The minimum Gasteiger partial charge on any atom is -0.492 e. The fourth-order valence-corrected chi connectivity index (χ4v) is 3.68. The van der Waals surface area contributed by atoms with Gasteiger partial charge in [-0.15, -0.1) is 0 Å². The van der Waals surface area contributed by atoms with Crippen LogP contribution in [0.1, 0.15) is 32.1 Å². The Morgan fingerprint density at radius 1 is 1.26 bits per heavy atom. The van der Waals surface area contributed by atoms with Crippen molar-refractivity contribution in [3.05, 3.63) is 29.3 Å². The summed E-state index contributed by atoms with van der Waals surface area (Å²) < 4.78 is 5.58. The molecule has 1 aromatic carbocycles. The number of likely N-dealkylation sites (N-methyl/N-ethyl adjacent to an activating group) is 1. The lowest BCUT2D eigenvalue weighted by molar-refractivity contribution is -0.133. The van der Waals surface area contributed by atoms with E-state index in [1.54, 1.807) is 36.2 Å². The summed E-state index contributed by atoms with van der Waals surface area (Å²) in [6.07, 6.45) is 3.35. The van der Waals surface area contributed by atoms with E-state index in [0.717, 1.165) is 12.8 Å². The largest absolute Gasteiger partial charge is 0.492 e. The molecule has 0 atom stereocenters. The average molecular weight is 394 g/mol. The SMILES string of the molecule is CN(CCOc1ccc(Cl)cc1)C(=O)CCN1C(=O)NC2(CCCC2)C1=O. The molecule has 0 bridgehead atoms. The molecule has 2 fully saturated rings. The molecule has 0 aromatic heterocycles. The van der Waals surface area contributed by atoms with E-state index in [0.29, 0.717) is 36.8 Å². The number of ether oxygens (including phenoxy) is 1. The Kier molecular flexibility index (Phi) is 5.89. The van der Waals surface area contributed by atoms with Gasteiger partial charge in [0.2, 0.25) is 5.91 Å². The highest BCUT2D eigenvalue weighted by Gasteiger charge is 2.52. The number of carbonyl (C=O) groups is 3. The van der Waals surface area contributed by atoms with Gasteiger partial charge in [0, 0.05) is 25.0 Å². The fourth-order valence-electron chi connectivity index (χ4n) is 3.55. The van der Waals surface area contributed by atoms with E-state index in [4.69, 9.17) is 16.3 Å². The molecule has 7 nitrogen and oxygen atoms in total. The van der Waals surface area contributed by atoms with Gasteiger partial charge in [0.25, 0.3) is 5.91 Å². The first kappa shape index (κ1) is 19.5. The number of benzene rings is 1. The van der Waals surface area contributed by atoms with E-state index in [-0.39, 0.29) is 30.8 Å². The van der Waals surface area contributed by atoms with Gasteiger partial charge in [0.1, 0.15) is 17.9 Å². The Morgan fingerprint density at radius 3 is 2.59 bits per heavy atom. The average Bonchev–Trinajstić information content (AvgIpc) is 3.20. The van der Waals surface area contributed by atoms with Gasteiger partial charge in [0.05, 0.1) is 6.54 Å². The van der Waals surface area contributed by atoms with E-state index >= 15 is 0 Å². The molecule has 1 aliphatic carbocycles. The summed E-state index contributed by atoms with van der Waals surface area (Å²) in [6, 6.07) is 6.62. The van der Waals surface area contributed by atoms with Gasteiger partial charge in [-0.25, -0.2) is 4.79 Å². The molecule has 8 heteroatoms. The molecule has 3 rings (SSSR count). The van der Waals surface area contributed by atoms with Crippen LogP contribution < -0.4 is 10.1 Å². The molecule has 1 saturated heterocycles. The molecule has 27 heavy (non-hydrogen) atoms. The van der Waals surface area contributed by atoms with E-state index < -0.39 is 5.54 Å². The van der Waals surface area contributed by atoms with Crippen molar-refractivity contribution >= 4 is 29.4 Å². The Labute approximate surface area is 163 Å². The predicted octanol–water partition coefficient (Wildman–Crippen LogP) is 2.43. The normalized spacial score (nSPS) is 18.1. The molecule has 1 spiro atoms. The van der Waals surface area contributed by atoms with Gasteiger partial charge < -0.3 is 15.0 Å². The van der Waals surface area contributed by atoms with Crippen LogP contribution in [-0.2, 0) is 9.59 Å². The van der Waals surface area contributed by atoms with Crippen LogP contribution in [0.15, 0.2) is 24.3 Å². The van der Waals surface area contributed by atoms with Crippen molar-refractivity contribution in [2.24, 2.45) is 0 Å². The van der Waals surface area contributed by atoms with Crippen molar-refractivity contribution in [3.63, 3.8) is 0 Å². The molecule has 0 radical (unpaired) electrons. The van der Waals surface area contributed by atoms with Crippen LogP contribution in [0.25, 0.3) is 0 Å². The number of urea groups is 1. The predicted molar refractivity (Wildman–Crippen MR) is 101 cm³/mol. The quantitative estimate of drug-likeness (QED) is 0.721. The van der Waals surface area contributed by atoms with Gasteiger partial charge in [-0.05, 0) is 37.1 Å². The molecule has 1 saturated carbocycles. The lowest BCUT2D eigenvalue weighted by atomic mass is 9.98.